The number of nitrogens with one attached hydrogen (secondary N) is 1. The zero-order valence-electron chi connectivity index (χ0n) is 11.1. The summed E-state index contributed by atoms with van der Waals surface area (Å²) in [6.45, 7) is 1.97. The smallest absolute Gasteiger partial charge is 0.267 e. The van der Waals surface area contributed by atoms with Crippen LogP contribution >= 0.6 is 0 Å². The topological polar surface area (TPSA) is 41.5 Å². The normalized spacial score (nSPS) is 11.2. The quantitative estimate of drug-likeness (QED) is 0.671. The molecule has 1 amide bonds. The summed E-state index contributed by atoms with van der Waals surface area (Å²) in [7, 11) is 0. The molecule has 0 heterocycles. The predicted molar refractivity (Wildman–Crippen MR) is 77.1 cm³/mol. The molecule has 0 spiro atoms. The lowest BCUT2D eigenvalue weighted by Crippen LogP contribution is -2.19. The largest absolute Gasteiger partial charge is 0.271 e. The molecule has 4 heteroatoms. The summed E-state index contributed by atoms with van der Waals surface area (Å²) < 4.78 is 12.8. The number of carbonyl (C=O) groups is 1. The highest BCUT2D eigenvalue weighted by atomic mass is 19.1. The van der Waals surface area contributed by atoms with E-state index in [0.717, 1.165) is 11.3 Å². The molecule has 0 fully saturated rings. The number of hydrogen-bond acceptors (Lipinski definition) is 2. The van der Waals surface area contributed by atoms with Crippen LogP contribution in [0.5, 0.6) is 0 Å². The summed E-state index contributed by atoms with van der Waals surface area (Å²) in [5.74, 6) is -0.726. The van der Waals surface area contributed by atoms with Gasteiger partial charge in [0, 0.05) is 5.56 Å². The fourth-order valence-electron chi connectivity index (χ4n) is 1.76. The van der Waals surface area contributed by atoms with Gasteiger partial charge in [0.2, 0.25) is 0 Å². The third-order valence-electron chi connectivity index (χ3n) is 2.84. The van der Waals surface area contributed by atoms with Gasteiger partial charge in [-0.1, -0.05) is 37.3 Å². The molecule has 0 aromatic heterocycles. The van der Waals surface area contributed by atoms with E-state index in [4.69, 9.17) is 0 Å². The minimum atomic E-state index is -0.372. The molecule has 2 rings (SSSR count). The van der Waals surface area contributed by atoms with Gasteiger partial charge in [-0.3, -0.25) is 4.79 Å². The lowest BCUT2D eigenvalue weighted by molar-refractivity contribution is 0.0955. The molecule has 0 aliphatic carbocycles. The second kappa shape index (κ2) is 6.61. The standard InChI is InChI=1S/C16H15FN2O/c1-2-15(12-6-4-3-5-7-12)18-19-16(20)13-8-10-14(17)11-9-13/h3-11H,2H2,1H3,(H,19,20)/b18-15-. The summed E-state index contributed by atoms with van der Waals surface area (Å²) >= 11 is 0. The summed E-state index contributed by atoms with van der Waals surface area (Å²) in [4.78, 5) is 11.9. The number of hydrogen-bond donors (Lipinski definition) is 1. The molecule has 2 aromatic rings. The monoisotopic (exact) mass is 270 g/mol. The van der Waals surface area contributed by atoms with Crippen LogP contribution in [0, 0.1) is 5.82 Å². The molecule has 0 saturated heterocycles. The summed E-state index contributed by atoms with van der Waals surface area (Å²) in [5, 5.41) is 4.13. The molecule has 3 nitrogen and oxygen atoms in total. The van der Waals surface area contributed by atoms with Gasteiger partial charge in [0.15, 0.2) is 0 Å². The van der Waals surface area contributed by atoms with Gasteiger partial charge < -0.3 is 0 Å². The minimum absolute atomic E-state index is 0.355. The van der Waals surface area contributed by atoms with E-state index in [9.17, 15) is 9.18 Å². The van der Waals surface area contributed by atoms with Crippen molar-refractivity contribution in [1.29, 1.82) is 0 Å². The highest BCUT2D eigenvalue weighted by Crippen LogP contribution is 2.05. The number of rotatable bonds is 4. The third kappa shape index (κ3) is 3.51. The number of benzene rings is 2. The Labute approximate surface area is 117 Å². The number of halogens is 1. The fourth-order valence-corrected chi connectivity index (χ4v) is 1.76. The van der Waals surface area contributed by atoms with Crippen molar-refractivity contribution in [3.8, 4) is 0 Å². The van der Waals surface area contributed by atoms with Crippen molar-refractivity contribution in [3.05, 3.63) is 71.5 Å². The number of amides is 1. The van der Waals surface area contributed by atoms with Gasteiger partial charge in [-0.15, -0.1) is 0 Å². The minimum Gasteiger partial charge on any atom is -0.267 e. The van der Waals surface area contributed by atoms with E-state index in [0.29, 0.717) is 12.0 Å². The first-order chi connectivity index (χ1) is 9.70. The van der Waals surface area contributed by atoms with E-state index >= 15 is 0 Å². The third-order valence-corrected chi connectivity index (χ3v) is 2.84. The predicted octanol–water partition coefficient (Wildman–Crippen LogP) is 3.37. The molecule has 0 radical (unpaired) electrons. The van der Waals surface area contributed by atoms with Crippen LogP contribution in [-0.4, -0.2) is 11.6 Å². The van der Waals surface area contributed by atoms with Crippen LogP contribution in [-0.2, 0) is 0 Å². The summed E-state index contributed by atoms with van der Waals surface area (Å²) in [5.41, 5.74) is 4.63. The van der Waals surface area contributed by atoms with E-state index < -0.39 is 0 Å². The SMILES string of the molecule is CC/C(=N/NC(=O)c1ccc(F)cc1)c1ccccc1. The number of nitrogens with zero attached hydrogens (tertiary/aromatic N) is 1. The fraction of sp³-hybridized carbons (Fsp3) is 0.125. The summed E-state index contributed by atoms with van der Waals surface area (Å²) in [6.07, 6.45) is 0.702. The van der Waals surface area contributed by atoms with Crippen molar-refractivity contribution < 1.29 is 9.18 Å². The van der Waals surface area contributed by atoms with E-state index in [1.807, 2.05) is 37.3 Å². The second-order valence-electron chi connectivity index (χ2n) is 4.23. The van der Waals surface area contributed by atoms with Crippen molar-refractivity contribution in [1.82, 2.24) is 5.43 Å². The Kier molecular flexibility index (Phi) is 4.60. The molecule has 0 aliphatic heterocycles. The van der Waals surface area contributed by atoms with Gasteiger partial charge in [-0.25, -0.2) is 9.82 Å². The van der Waals surface area contributed by atoms with Crippen LogP contribution in [0.4, 0.5) is 4.39 Å². The molecule has 102 valence electrons. The highest BCUT2D eigenvalue weighted by molar-refractivity contribution is 6.02. The molecule has 20 heavy (non-hydrogen) atoms. The Morgan fingerprint density at radius 3 is 2.30 bits per heavy atom. The number of carbonyl (C=O) groups excluding carboxylic acids is 1. The first-order valence-corrected chi connectivity index (χ1v) is 6.38. The Balaban J connectivity index is 2.11. The molecule has 1 N–H and O–H groups in total. The van der Waals surface area contributed by atoms with Crippen molar-refractivity contribution in [2.75, 3.05) is 0 Å². The van der Waals surface area contributed by atoms with Gasteiger partial charge in [0.1, 0.15) is 5.82 Å². The van der Waals surface area contributed by atoms with Crippen molar-refractivity contribution in [2.45, 2.75) is 13.3 Å². The average Bonchev–Trinajstić information content (AvgIpc) is 2.49. The van der Waals surface area contributed by atoms with Gasteiger partial charge in [-0.05, 0) is 36.2 Å². The molecule has 2 aromatic carbocycles. The maximum Gasteiger partial charge on any atom is 0.271 e. The Morgan fingerprint density at radius 1 is 1.05 bits per heavy atom. The van der Waals surface area contributed by atoms with Crippen LogP contribution in [0.2, 0.25) is 0 Å². The van der Waals surface area contributed by atoms with Gasteiger partial charge in [0.05, 0.1) is 5.71 Å². The Bertz CT molecular complexity index is 606. The maximum atomic E-state index is 12.8. The molecule has 0 aliphatic rings. The van der Waals surface area contributed by atoms with Crippen LogP contribution in [0.25, 0.3) is 0 Å². The van der Waals surface area contributed by atoms with E-state index in [2.05, 4.69) is 10.5 Å². The molecule has 0 atom stereocenters. The zero-order chi connectivity index (χ0) is 14.4. The first-order valence-electron chi connectivity index (χ1n) is 6.38. The molecule has 0 saturated carbocycles. The highest BCUT2D eigenvalue weighted by Gasteiger charge is 2.06. The molecular weight excluding hydrogens is 255 g/mol. The van der Waals surface area contributed by atoms with Crippen LogP contribution in [0.1, 0.15) is 29.3 Å². The summed E-state index contributed by atoms with van der Waals surface area (Å²) in [6, 6.07) is 15.0. The van der Waals surface area contributed by atoms with Gasteiger partial charge in [-0.2, -0.15) is 5.10 Å². The van der Waals surface area contributed by atoms with Gasteiger partial charge >= 0.3 is 0 Å². The van der Waals surface area contributed by atoms with Gasteiger partial charge in [0.25, 0.3) is 5.91 Å². The zero-order valence-corrected chi connectivity index (χ0v) is 11.1. The first kappa shape index (κ1) is 13.9. The Morgan fingerprint density at radius 2 is 1.70 bits per heavy atom. The van der Waals surface area contributed by atoms with Crippen LogP contribution < -0.4 is 5.43 Å². The van der Waals surface area contributed by atoms with Crippen molar-refractivity contribution in [2.24, 2.45) is 5.10 Å². The van der Waals surface area contributed by atoms with E-state index in [1.165, 1.54) is 24.3 Å². The van der Waals surface area contributed by atoms with Crippen LogP contribution in [0.15, 0.2) is 59.7 Å². The lowest BCUT2D eigenvalue weighted by Gasteiger charge is -2.05. The molecular formula is C16H15FN2O. The van der Waals surface area contributed by atoms with E-state index in [-0.39, 0.29) is 11.7 Å². The van der Waals surface area contributed by atoms with Crippen molar-refractivity contribution >= 4 is 11.6 Å². The maximum absolute atomic E-state index is 12.8. The number of hydrazone groups is 1. The van der Waals surface area contributed by atoms with Crippen molar-refractivity contribution in [3.63, 3.8) is 0 Å². The van der Waals surface area contributed by atoms with Crippen LogP contribution in [0.3, 0.4) is 0 Å². The molecule has 0 unspecified atom stereocenters. The second-order valence-corrected chi connectivity index (χ2v) is 4.23. The average molecular weight is 270 g/mol. The Hall–Kier alpha value is -2.49. The lowest BCUT2D eigenvalue weighted by atomic mass is 10.1. The van der Waals surface area contributed by atoms with E-state index in [1.54, 1.807) is 0 Å². The molecule has 0 bridgehead atoms.